The van der Waals surface area contributed by atoms with Crippen molar-refractivity contribution in [2.45, 2.75) is 430 Å². The Kier molecular flexibility index (Phi) is 45.7. The van der Waals surface area contributed by atoms with Crippen LogP contribution < -0.4 is 61.1 Å². The van der Waals surface area contributed by atoms with Crippen molar-refractivity contribution in [3.8, 4) is 11.5 Å². The van der Waals surface area contributed by atoms with Gasteiger partial charge in [-0.25, -0.2) is 49.2 Å². The van der Waals surface area contributed by atoms with Gasteiger partial charge in [0.15, 0.2) is 0 Å². The molecule has 796 valence electrons. The Balaban J connectivity index is 0.000000537. The van der Waals surface area contributed by atoms with Crippen molar-refractivity contribution >= 4 is 64.0 Å². The molecule has 0 atom stereocenters. The van der Waals surface area contributed by atoms with Crippen LogP contribution in [-0.2, 0) is 73.2 Å². The lowest BCUT2D eigenvalue weighted by molar-refractivity contribution is -0.138. The summed E-state index contributed by atoms with van der Waals surface area (Å²) in [5.74, 6) is 7.08. The highest BCUT2D eigenvalue weighted by molar-refractivity contribution is 6.31. The highest BCUT2D eigenvalue weighted by Gasteiger charge is 2.39. The van der Waals surface area contributed by atoms with E-state index in [-0.39, 0.29) is 71.8 Å². The number of halogens is 5. The third-order valence-electron chi connectivity index (χ3n) is 23.4. The fourth-order valence-electron chi connectivity index (χ4n) is 19.6. The predicted molar refractivity (Wildman–Crippen MR) is 603 cm³/mol. The Labute approximate surface area is 865 Å². The zero-order valence-corrected chi connectivity index (χ0v) is 97.8. The normalized spacial score (nSPS) is 12.4. The summed E-state index contributed by atoms with van der Waals surface area (Å²) in [5, 5.41) is 0.706. The lowest BCUT2D eigenvalue weighted by Gasteiger charge is -2.26. The molecule has 18 N–H and O–H groups in total. The first-order chi connectivity index (χ1) is 64.6. The Hall–Kier alpha value is -10.7. The van der Waals surface area contributed by atoms with Gasteiger partial charge < -0.3 is 61.1 Å². The maximum absolute atomic E-state index is 13.5. The largest absolute Gasteiger partial charge is 0.496 e. The van der Waals surface area contributed by atoms with Crippen LogP contribution in [-0.4, -0.2) is 63.6 Å². The quantitative estimate of drug-likeness (QED) is 0.0638. The van der Waals surface area contributed by atoms with E-state index in [1.54, 1.807) is 53.9 Å². The standard InChI is InChI=1S/C13H20N2.2C13H22N2.C13H21NO.C12H20N2.C11H15F3N2.C11H18N2O.C11H18N2.C10H15ClN2.C10H15FN2/c1-8-12(13(2,3)4)10(9-5-6-9)7-11(14)15-8;1-8(2)10-7-11(14)15-9(3)12(10)13(4,5)6;1-6-7-10-8-11(14)15-9(2)12(10)13(3,4)5;1-7-15-11-8-9(2)14-10(3)12(11)13(4,5)6;1-6-9-7-10(13)14-8(2)11(9)12(3,4)5;1-6-9(10(2,3)4)7(11(12,13)14)5-8(15)16-6;1-7-10(11(2,3)4)8(14-5)6-9(12)13-7;1-7-6-9(12)13-8(2)10(7)11(3,4)5;2*1-6-9(10(2,3)4)7(11)5-8(12)13-6/h7,9H,5-6H2,1-4H3,(H2,14,15);7-8H,1-6H3,(H2,14,15);8H,6-7H2,1-5H3,(H2,14,15);8H,7H2,1-6H3;7H,6H2,1-5H3,(H2,13,14);5H,1-4H3,(H2,15,16);6H,1-5H3,(H2,12,13);6H,1-5H3,(H2,12,13);2*5H,1-4H3,(H2,12,13). The summed E-state index contributed by atoms with van der Waals surface area (Å²) in [6.07, 6.45) is 1.47. The number of rotatable bonds is 8. The summed E-state index contributed by atoms with van der Waals surface area (Å²) in [5.41, 5.74) is 78.1. The lowest BCUT2D eigenvalue weighted by Crippen LogP contribution is -2.22. The number of alkyl halides is 3. The van der Waals surface area contributed by atoms with E-state index >= 15 is 0 Å². The van der Waals surface area contributed by atoms with E-state index in [0.29, 0.717) is 75.2 Å². The maximum Gasteiger partial charge on any atom is 0.416 e. The maximum atomic E-state index is 13.5. The second-order valence-corrected chi connectivity index (χ2v) is 48.7. The van der Waals surface area contributed by atoms with Crippen LogP contribution in [0.25, 0.3) is 0 Å². The molecule has 1 saturated carbocycles. The van der Waals surface area contributed by atoms with E-state index in [0.717, 1.165) is 105 Å². The first-order valence-electron chi connectivity index (χ1n) is 50.0. The first-order valence-corrected chi connectivity index (χ1v) is 50.4. The minimum atomic E-state index is -4.40. The van der Waals surface area contributed by atoms with Gasteiger partial charge in [0.25, 0.3) is 0 Å². The van der Waals surface area contributed by atoms with Gasteiger partial charge in [0.05, 0.1) is 19.3 Å². The number of hydrogen-bond donors (Lipinski definition) is 9. The summed E-state index contributed by atoms with van der Waals surface area (Å²) in [6.45, 7) is 98.7. The number of aryl methyl sites for hydroxylation is 14. The number of hydrogen-bond acceptors (Lipinski definition) is 21. The molecule has 0 aliphatic heterocycles. The van der Waals surface area contributed by atoms with E-state index < -0.39 is 17.2 Å². The average Bonchev–Trinajstić information content (AvgIpc) is 1.73. The van der Waals surface area contributed by atoms with Gasteiger partial charge in [0.2, 0.25) is 0 Å². The molecule has 0 unspecified atom stereocenters. The molecule has 0 radical (unpaired) electrons. The van der Waals surface area contributed by atoms with Gasteiger partial charge in [-0.3, -0.25) is 4.98 Å². The monoisotopic (exact) mass is 2000 g/mol. The number of methoxy groups -OCH3 is 1. The van der Waals surface area contributed by atoms with Crippen molar-refractivity contribution in [2.24, 2.45) is 0 Å². The van der Waals surface area contributed by atoms with Crippen LogP contribution in [0.4, 0.5) is 69.9 Å². The molecule has 143 heavy (non-hydrogen) atoms. The smallest absolute Gasteiger partial charge is 0.416 e. The van der Waals surface area contributed by atoms with Crippen LogP contribution in [0.2, 0.25) is 5.02 Å². The summed E-state index contributed by atoms with van der Waals surface area (Å²) < 4.78 is 63.1. The molecule has 0 aromatic carbocycles. The van der Waals surface area contributed by atoms with E-state index in [2.05, 4.69) is 277 Å². The van der Waals surface area contributed by atoms with Gasteiger partial charge in [-0.2, -0.15) is 13.2 Å². The number of anilines is 9. The second kappa shape index (κ2) is 50.9. The Morgan fingerprint density at radius 2 is 0.629 bits per heavy atom. The number of nitrogens with zero attached hydrogens (tertiary/aromatic N) is 10. The topological polar surface area (TPSA) is 382 Å². The minimum Gasteiger partial charge on any atom is -0.496 e. The Morgan fingerprint density at radius 3 is 0.979 bits per heavy atom. The van der Waals surface area contributed by atoms with E-state index in [1.165, 1.54) is 80.1 Å². The van der Waals surface area contributed by atoms with Crippen molar-refractivity contribution in [2.75, 3.05) is 65.3 Å². The molecule has 1 aliphatic rings. The molecule has 26 heteroatoms. The third-order valence-corrected chi connectivity index (χ3v) is 23.7. The van der Waals surface area contributed by atoms with Gasteiger partial charge >= 0.3 is 6.18 Å². The fourth-order valence-corrected chi connectivity index (χ4v) is 20.1. The zero-order chi connectivity index (χ0) is 112. The first kappa shape index (κ1) is 128. The molecular formula is C117H186ClF4N19O2. The SMILES string of the molecule is CCCc1cc(N)nc(C)c1C(C)(C)C.CCOc1cc(C)nc(C)c1C(C)(C)C.CCc1cc(N)nc(C)c1C(C)(C)C.COc1cc(N)nc(C)c1C(C)(C)C.Cc1cc(N)nc(C)c1C(C)(C)C.Cc1nc(N)cc(C(C)C)c1C(C)(C)C.Cc1nc(N)cc(C(F)(F)F)c1C(C)(C)C.Cc1nc(N)cc(C2CC2)c1C(C)(C)C.Cc1nc(N)cc(Cl)c1C(C)(C)C.Cc1nc(N)cc(F)c1C(C)(C)C. The molecule has 10 aromatic heterocycles. The van der Waals surface area contributed by atoms with Crippen LogP contribution in [0.15, 0.2) is 60.7 Å². The van der Waals surface area contributed by atoms with Crippen LogP contribution in [0.1, 0.15) is 425 Å². The summed E-state index contributed by atoms with van der Waals surface area (Å²) in [6, 6.07) is 17.7. The summed E-state index contributed by atoms with van der Waals surface area (Å²) >= 11 is 6.10. The van der Waals surface area contributed by atoms with Gasteiger partial charge in [-0.1, -0.05) is 253 Å². The molecule has 11 rings (SSSR count). The molecular weight excluding hydrogens is 1810 g/mol. The number of pyridine rings is 10. The Morgan fingerprint density at radius 1 is 0.329 bits per heavy atom. The van der Waals surface area contributed by atoms with Crippen molar-refractivity contribution < 1.29 is 27.0 Å². The number of ether oxygens (including phenoxy) is 2. The summed E-state index contributed by atoms with van der Waals surface area (Å²) in [7, 11) is 1.66. The minimum absolute atomic E-state index is 0.0157. The highest BCUT2D eigenvalue weighted by atomic mass is 35.5. The molecule has 1 fully saturated rings. The molecule has 0 amide bonds. The van der Waals surface area contributed by atoms with Gasteiger partial charge in [0.1, 0.15) is 69.7 Å². The number of nitrogens with two attached hydrogens (primary N) is 9. The molecule has 0 spiro atoms. The van der Waals surface area contributed by atoms with Gasteiger partial charge in [-0.05, 0) is 291 Å². The van der Waals surface area contributed by atoms with Crippen molar-refractivity contribution in [1.82, 2.24) is 49.8 Å². The van der Waals surface area contributed by atoms with Crippen LogP contribution >= 0.6 is 11.6 Å². The van der Waals surface area contributed by atoms with Crippen LogP contribution in [0, 0.1) is 88.9 Å². The molecule has 1 aliphatic carbocycles. The average molecular weight is 2000 g/mol. The zero-order valence-electron chi connectivity index (χ0n) is 97.0. The van der Waals surface area contributed by atoms with Crippen molar-refractivity contribution in [3.63, 3.8) is 0 Å². The van der Waals surface area contributed by atoms with Crippen molar-refractivity contribution in [1.29, 1.82) is 0 Å². The van der Waals surface area contributed by atoms with Crippen LogP contribution in [0.5, 0.6) is 11.5 Å². The van der Waals surface area contributed by atoms with Crippen molar-refractivity contribution in [3.05, 3.63) is 223 Å². The summed E-state index contributed by atoms with van der Waals surface area (Å²) in [4.78, 5) is 42.6. The Bertz CT molecular complexity index is 5450. The highest BCUT2D eigenvalue weighted by Crippen LogP contribution is 2.47. The molecule has 10 heterocycles. The second-order valence-electron chi connectivity index (χ2n) is 48.3. The predicted octanol–water partition coefficient (Wildman–Crippen LogP) is 29.5. The number of nitrogen functional groups attached to an aromatic ring is 9. The molecule has 21 nitrogen and oxygen atoms in total. The lowest BCUT2D eigenvalue weighted by atomic mass is 9.80. The van der Waals surface area contributed by atoms with E-state index in [4.69, 9.17) is 72.7 Å². The molecule has 0 saturated heterocycles. The van der Waals surface area contributed by atoms with E-state index in [9.17, 15) is 17.6 Å². The van der Waals surface area contributed by atoms with Gasteiger partial charge in [0, 0.05) is 103 Å². The molecule has 0 bridgehead atoms. The van der Waals surface area contributed by atoms with E-state index in [1.807, 2.05) is 99.6 Å². The van der Waals surface area contributed by atoms with Gasteiger partial charge in [-0.15, -0.1) is 0 Å². The third kappa shape index (κ3) is 39.3. The molecule has 10 aromatic rings. The number of aromatic nitrogens is 10. The van der Waals surface area contributed by atoms with Crippen LogP contribution in [0.3, 0.4) is 0 Å². The fraction of sp³-hybridized carbons (Fsp3) is 0.573.